The van der Waals surface area contributed by atoms with Gasteiger partial charge in [0.1, 0.15) is 22.6 Å². The summed E-state index contributed by atoms with van der Waals surface area (Å²) >= 11 is 0. The molecule has 3 aliphatic rings. The Balaban J connectivity index is 1.09. The number of imidazole rings is 1. The molecule has 1 spiro atoms. The minimum absolute atomic E-state index is 0.0295. The maximum absolute atomic E-state index is 7.79. The van der Waals surface area contributed by atoms with Gasteiger partial charge < -0.3 is 4.74 Å². The summed E-state index contributed by atoms with van der Waals surface area (Å²) < 4.78 is 15.3. The molecule has 4 nitrogen and oxygen atoms in total. The summed E-state index contributed by atoms with van der Waals surface area (Å²) in [7, 11) is 0. The molecule has 0 saturated heterocycles. The highest BCUT2D eigenvalue weighted by Gasteiger charge is 2.68. The Labute approximate surface area is 408 Å². The van der Waals surface area contributed by atoms with Gasteiger partial charge in [-0.3, -0.25) is 0 Å². The van der Waals surface area contributed by atoms with Crippen molar-refractivity contribution < 1.29 is 13.9 Å². The molecule has 14 rings (SSSR count). The second kappa shape index (κ2) is 14.9. The van der Waals surface area contributed by atoms with Crippen LogP contribution in [0.3, 0.4) is 0 Å². The van der Waals surface area contributed by atoms with Gasteiger partial charge in [0, 0.05) is 28.8 Å². The minimum atomic E-state index is -1.09. The number of hydrogen-bond donors (Lipinski definition) is 0. The van der Waals surface area contributed by atoms with E-state index in [1.807, 2.05) is 0 Å². The fourth-order valence-corrected chi connectivity index (χ4v) is 11.7. The second-order valence-corrected chi connectivity index (χ2v) is 20.2. The Morgan fingerprint density at radius 2 is 1.01 bits per heavy atom. The van der Waals surface area contributed by atoms with Gasteiger partial charge in [-0.1, -0.05) is 178 Å². The fourth-order valence-electron chi connectivity index (χ4n) is 11.7. The van der Waals surface area contributed by atoms with Gasteiger partial charge in [0.15, 0.2) is 17.2 Å². The molecule has 0 amide bonds. The zero-order chi connectivity index (χ0) is 46.9. The third-order valence-corrected chi connectivity index (χ3v) is 15.1. The lowest BCUT2D eigenvalue weighted by Crippen LogP contribution is -2.78. The van der Waals surface area contributed by atoms with Crippen molar-refractivity contribution >= 4 is 11.0 Å². The number of rotatable bonds is 6. The van der Waals surface area contributed by atoms with Crippen molar-refractivity contribution in [3.05, 3.63) is 241 Å². The minimum Gasteiger partial charge on any atom is -0.392 e. The maximum atomic E-state index is 7.79. The van der Waals surface area contributed by atoms with Gasteiger partial charge in [-0.2, -0.15) is 4.57 Å². The van der Waals surface area contributed by atoms with Gasteiger partial charge in [0.2, 0.25) is 5.69 Å². The molecule has 11 aromatic rings. The van der Waals surface area contributed by atoms with E-state index in [4.69, 9.17) is 4.74 Å². The van der Waals surface area contributed by atoms with Gasteiger partial charge in [-0.15, -0.1) is 9.13 Å². The molecule has 0 N–H and O–H groups in total. The predicted octanol–water partition coefficient (Wildman–Crippen LogP) is 15.4. The monoisotopic (exact) mass is 899 g/mol. The average Bonchev–Trinajstić information content (AvgIpc) is 3.90. The van der Waals surface area contributed by atoms with Crippen molar-refractivity contribution in [3.63, 3.8) is 0 Å². The number of para-hydroxylation sites is 2. The molecular weight excluding hydrogens is 851 g/mol. The number of hydrogen-bond acceptors (Lipinski definition) is 1. The number of ether oxygens (including phenoxy) is 1. The van der Waals surface area contributed by atoms with E-state index < -0.39 is 5.85 Å². The summed E-state index contributed by atoms with van der Waals surface area (Å²) in [5.41, 5.74) is 24.6. The molecule has 332 valence electrons. The van der Waals surface area contributed by atoms with Gasteiger partial charge in [0.05, 0.1) is 5.56 Å². The largest absolute Gasteiger partial charge is 0.499 e. The topological polar surface area (TPSA) is 21.9 Å². The van der Waals surface area contributed by atoms with Crippen molar-refractivity contribution in [1.29, 1.82) is 0 Å². The van der Waals surface area contributed by atoms with E-state index >= 15 is 0 Å². The summed E-state index contributed by atoms with van der Waals surface area (Å²) in [6.07, 6.45) is 2.27. The van der Waals surface area contributed by atoms with E-state index in [-0.39, 0.29) is 5.41 Å². The van der Waals surface area contributed by atoms with Crippen LogP contribution < -0.4 is 13.9 Å². The summed E-state index contributed by atoms with van der Waals surface area (Å²) in [5, 5.41) is 0. The van der Waals surface area contributed by atoms with Crippen LogP contribution in [0.15, 0.2) is 225 Å². The summed E-state index contributed by atoms with van der Waals surface area (Å²) in [6, 6.07) is 80.3. The molecule has 3 aliphatic heterocycles. The molecule has 1 unspecified atom stereocenters. The smallest absolute Gasteiger partial charge is 0.392 e. The van der Waals surface area contributed by atoms with Gasteiger partial charge in [-0.05, 0) is 122 Å². The Hall–Kier alpha value is -8.60. The molecule has 0 fully saturated rings. The molecule has 1 atom stereocenters. The van der Waals surface area contributed by atoms with Crippen molar-refractivity contribution in [1.82, 2.24) is 4.57 Å². The zero-order valence-electron chi connectivity index (χ0n) is 39.6. The molecule has 0 bridgehead atoms. The van der Waals surface area contributed by atoms with Gasteiger partial charge >= 0.3 is 11.7 Å². The second-order valence-electron chi connectivity index (χ2n) is 20.2. The van der Waals surface area contributed by atoms with E-state index in [2.05, 4.69) is 266 Å². The molecule has 0 radical (unpaired) electrons. The third kappa shape index (κ3) is 5.83. The Kier molecular flexibility index (Phi) is 8.64. The first-order valence-corrected chi connectivity index (χ1v) is 24.4. The van der Waals surface area contributed by atoms with E-state index in [0.717, 1.165) is 61.8 Å². The number of nitrogens with zero attached hydrogens (tertiary/aromatic N) is 3. The Bertz CT molecular complexity index is 3920. The van der Waals surface area contributed by atoms with Crippen molar-refractivity contribution in [3.8, 4) is 101 Å². The lowest BCUT2D eigenvalue weighted by molar-refractivity contribution is -0.997. The van der Waals surface area contributed by atoms with Crippen LogP contribution in [0.1, 0.15) is 37.5 Å². The van der Waals surface area contributed by atoms with Crippen LogP contribution in [0, 0.1) is 6.92 Å². The third-order valence-electron chi connectivity index (χ3n) is 15.1. The van der Waals surface area contributed by atoms with Crippen LogP contribution >= 0.6 is 0 Å². The van der Waals surface area contributed by atoms with E-state index in [1.165, 1.54) is 66.8 Å². The van der Waals surface area contributed by atoms with Crippen LogP contribution in [-0.4, -0.2) is 4.57 Å². The number of pyridine rings is 1. The van der Waals surface area contributed by atoms with Crippen molar-refractivity contribution in [2.75, 3.05) is 0 Å². The standard InChI is InChI=1S/C66H49N3O/c1-42-37-55(48-31-33-51(34-32-48)65(2,3)4)60(41-54(42)47-21-12-7-13-22-47)68-58-25-16-24-52-56-38-50(44-19-10-6-11-20-44)39-57-59-40-49(46-29-27-45(28-30-46)43-17-8-5-9-18-43)35-36-67(59)66(62(56)57)69(63(52)58)64(68)53-23-14-15-26-61(53)70-66/h5-41H,1-4H3/q+2. The zero-order valence-corrected chi connectivity index (χ0v) is 39.6. The number of benzene rings is 9. The Morgan fingerprint density at radius 3 is 1.71 bits per heavy atom. The quantitative estimate of drug-likeness (QED) is 0.152. The predicted molar refractivity (Wildman–Crippen MR) is 284 cm³/mol. The SMILES string of the molecule is Cc1cc(-c2ccc(C(C)(C)C)cc2)c(-n2c3[n+]4c5c(cccc52)-c2cc(-c5ccccc5)cc5c2C4(Oc2ccccc2-3)[n+]2ccc(-c3ccc(-c4ccccc4)cc3)cc2-5)cc1-c1ccccc1. The van der Waals surface area contributed by atoms with Crippen LogP contribution in [0.25, 0.3) is 106 Å². The molecule has 2 aromatic heterocycles. The van der Waals surface area contributed by atoms with Crippen LogP contribution in [0.4, 0.5) is 0 Å². The number of aryl methyl sites for hydroxylation is 1. The molecule has 0 saturated carbocycles. The highest BCUT2D eigenvalue weighted by Crippen LogP contribution is 2.55. The van der Waals surface area contributed by atoms with Crippen LogP contribution in [0.5, 0.6) is 5.75 Å². The van der Waals surface area contributed by atoms with Crippen molar-refractivity contribution in [2.24, 2.45) is 0 Å². The van der Waals surface area contributed by atoms with Crippen molar-refractivity contribution in [2.45, 2.75) is 39.0 Å². The van der Waals surface area contributed by atoms with Crippen LogP contribution in [-0.2, 0) is 11.3 Å². The Morgan fingerprint density at radius 1 is 0.443 bits per heavy atom. The maximum Gasteiger partial charge on any atom is 0.499 e. The lowest BCUT2D eigenvalue weighted by Gasteiger charge is -2.32. The molecule has 4 heteroatoms. The van der Waals surface area contributed by atoms with Crippen LogP contribution in [0.2, 0.25) is 0 Å². The fraction of sp³-hybridized carbons (Fsp3) is 0.0909. The highest BCUT2D eigenvalue weighted by molar-refractivity contribution is 6.00. The molecule has 9 aromatic carbocycles. The van der Waals surface area contributed by atoms with Gasteiger partial charge in [0.25, 0.3) is 0 Å². The highest BCUT2D eigenvalue weighted by atomic mass is 16.5. The number of aromatic nitrogens is 3. The molecule has 70 heavy (non-hydrogen) atoms. The molecular formula is C66H49N3O+2. The summed E-state index contributed by atoms with van der Waals surface area (Å²) in [5.74, 6) is 0.823. The summed E-state index contributed by atoms with van der Waals surface area (Å²) in [4.78, 5) is 0. The van der Waals surface area contributed by atoms with Gasteiger partial charge in [-0.25, -0.2) is 0 Å². The average molecular weight is 900 g/mol. The molecule has 0 aliphatic carbocycles. The van der Waals surface area contributed by atoms with E-state index in [0.29, 0.717) is 0 Å². The van der Waals surface area contributed by atoms with E-state index in [1.54, 1.807) is 0 Å². The lowest BCUT2D eigenvalue weighted by atomic mass is 9.85. The first-order valence-electron chi connectivity index (χ1n) is 24.4. The summed E-state index contributed by atoms with van der Waals surface area (Å²) in [6.45, 7) is 9.10. The number of fused-ring (bicyclic) bond motifs is 5. The first-order chi connectivity index (χ1) is 34.2. The normalized spacial score (nSPS) is 14.7. The molecule has 5 heterocycles. The first kappa shape index (κ1) is 40.5. The van der Waals surface area contributed by atoms with E-state index in [9.17, 15) is 0 Å².